The van der Waals surface area contributed by atoms with E-state index in [2.05, 4.69) is 29.1 Å². The lowest BCUT2D eigenvalue weighted by Crippen LogP contribution is -2.17. The third kappa shape index (κ3) is 5.34. The summed E-state index contributed by atoms with van der Waals surface area (Å²) < 4.78 is 5.14. The van der Waals surface area contributed by atoms with Crippen molar-refractivity contribution in [1.29, 1.82) is 0 Å². The summed E-state index contributed by atoms with van der Waals surface area (Å²) in [5, 5.41) is 3.33. The van der Waals surface area contributed by atoms with Crippen LogP contribution in [0.4, 0.5) is 5.95 Å². The summed E-state index contributed by atoms with van der Waals surface area (Å²) in [6, 6.07) is 2.23. The Balaban J connectivity index is 2.43. The van der Waals surface area contributed by atoms with Gasteiger partial charge < -0.3 is 10.1 Å². The molecule has 0 aromatic carbocycles. The molecule has 1 unspecified atom stereocenters. The van der Waals surface area contributed by atoms with E-state index in [1.54, 1.807) is 7.11 Å². The second-order valence-electron chi connectivity index (χ2n) is 4.77. The fourth-order valence-electron chi connectivity index (χ4n) is 1.88. The zero-order chi connectivity index (χ0) is 13.4. The third-order valence-corrected chi connectivity index (χ3v) is 2.91. The Hall–Kier alpha value is -1.32. The second-order valence-corrected chi connectivity index (χ2v) is 4.77. The molecule has 0 aliphatic rings. The van der Waals surface area contributed by atoms with Crippen LogP contribution in [0.3, 0.4) is 0 Å². The van der Waals surface area contributed by atoms with Crippen LogP contribution in [0.1, 0.15) is 51.6 Å². The largest absolute Gasteiger partial charge is 0.481 e. The molecule has 1 atom stereocenters. The van der Waals surface area contributed by atoms with Gasteiger partial charge in [0.05, 0.1) is 7.11 Å². The van der Waals surface area contributed by atoms with Crippen LogP contribution in [-0.2, 0) is 0 Å². The summed E-state index contributed by atoms with van der Waals surface area (Å²) in [7, 11) is 1.62. The van der Waals surface area contributed by atoms with Crippen molar-refractivity contribution in [3.8, 4) is 5.88 Å². The molecule has 1 N–H and O–H groups in total. The summed E-state index contributed by atoms with van der Waals surface area (Å²) in [5.41, 5.74) is 0.919. The van der Waals surface area contributed by atoms with Crippen LogP contribution in [0.25, 0.3) is 0 Å². The highest BCUT2D eigenvalue weighted by Gasteiger charge is 2.06. The topological polar surface area (TPSA) is 47.0 Å². The number of hydrogen-bond acceptors (Lipinski definition) is 4. The number of rotatable bonds is 8. The molecule has 4 heteroatoms. The average Bonchev–Trinajstić information content (AvgIpc) is 2.34. The standard InChI is InChI=1S/C14H25N3O/c1-5-6-7-8-9-11(2)15-14-16-12(3)10-13(17-14)18-4/h10-11H,5-9H2,1-4H3,(H,15,16,17). The molecular weight excluding hydrogens is 226 g/mol. The number of methoxy groups -OCH3 is 1. The molecular formula is C14H25N3O. The highest BCUT2D eigenvalue weighted by atomic mass is 16.5. The molecule has 0 saturated carbocycles. The third-order valence-electron chi connectivity index (χ3n) is 2.91. The maximum absolute atomic E-state index is 5.14. The Morgan fingerprint density at radius 3 is 2.72 bits per heavy atom. The first kappa shape index (κ1) is 14.7. The van der Waals surface area contributed by atoms with Crippen molar-refractivity contribution < 1.29 is 4.74 Å². The first-order valence-corrected chi connectivity index (χ1v) is 6.82. The number of aryl methyl sites for hydroxylation is 1. The number of aromatic nitrogens is 2. The molecule has 0 aliphatic heterocycles. The molecule has 102 valence electrons. The minimum atomic E-state index is 0.397. The molecule has 18 heavy (non-hydrogen) atoms. The lowest BCUT2D eigenvalue weighted by molar-refractivity contribution is 0.396. The number of nitrogens with one attached hydrogen (secondary N) is 1. The van der Waals surface area contributed by atoms with Gasteiger partial charge in [-0.1, -0.05) is 32.6 Å². The molecule has 0 amide bonds. The minimum absolute atomic E-state index is 0.397. The number of anilines is 1. The molecule has 0 bridgehead atoms. The second kappa shape index (κ2) is 7.90. The number of nitrogens with zero attached hydrogens (tertiary/aromatic N) is 2. The smallest absolute Gasteiger partial charge is 0.226 e. The van der Waals surface area contributed by atoms with Crippen molar-refractivity contribution in [3.63, 3.8) is 0 Å². The van der Waals surface area contributed by atoms with E-state index in [9.17, 15) is 0 Å². The van der Waals surface area contributed by atoms with Crippen LogP contribution in [0.15, 0.2) is 6.07 Å². The van der Waals surface area contributed by atoms with E-state index in [1.165, 1.54) is 25.7 Å². The van der Waals surface area contributed by atoms with Gasteiger partial charge in [0.25, 0.3) is 0 Å². The SMILES string of the molecule is CCCCCCC(C)Nc1nc(C)cc(OC)n1. The Morgan fingerprint density at radius 2 is 2.06 bits per heavy atom. The van der Waals surface area contributed by atoms with Gasteiger partial charge in [-0.15, -0.1) is 0 Å². The monoisotopic (exact) mass is 251 g/mol. The van der Waals surface area contributed by atoms with E-state index in [0.29, 0.717) is 17.9 Å². The highest BCUT2D eigenvalue weighted by Crippen LogP contribution is 2.13. The number of hydrogen-bond donors (Lipinski definition) is 1. The van der Waals surface area contributed by atoms with Gasteiger partial charge in [0, 0.05) is 17.8 Å². The molecule has 1 aromatic heterocycles. The van der Waals surface area contributed by atoms with Gasteiger partial charge in [0.1, 0.15) is 0 Å². The first-order valence-electron chi connectivity index (χ1n) is 6.82. The zero-order valence-corrected chi connectivity index (χ0v) is 12.0. The zero-order valence-electron chi connectivity index (χ0n) is 12.0. The predicted octanol–water partition coefficient (Wildman–Crippen LogP) is 3.56. The van der Waals surface area contributed by atoms with Crippen molar-refractivity contribution in [3.05, 3.63) is 11.8 Å². The molecule has 0 fully saturated rings. The van der Waals surface area contributed by atoms with Gasteiger partial charge in [-0.25, -0.2) is 4.98 Å². The van der Waals surface area contributed by atoms with Crippen molar-refractivity contribution in [2.45, 2.75) is 58.9 Å². The molecule has 1 rings (SSSR count). The fourth-order valence-corrected chi connectivity index (χ4v) is 1.88. The molecule has 4 nitrogen and oxygen atoms in total. The van der Waals surface area contributed by atoms with E-state index < -0.39 is 0 Å². The lowest BCUT2D eigenvalue weighted by atomic mass is 10.1. The quantitative estimate of drug-likeness (QED) is 0.718. The Labute approximate surface area is 110 Å². The Bertz CT molecular complexity index is 355. The van der Waals surface area contributed by atoms with Crippen LogP contribution >= 0.6 is 0 Å². The van der Waals surface area contributed by atoms with Crippen molar-refractivity contribution in [1.82, 2.24) is 9.97 Å². The van der Waals surface area contributed by atoms with Gasteiger partial charge in [0.15, 0.2) is 0 Å². The highest BCUT2D eigenvalue weighted by molar-refractivity contribution is 5.31. The van der Waals surface area contributed by atoms with Gasteiger partial charge in [0.2, 0.25) is 11.8 Å². The van der Waals surface area contributed by atoms with E-state index >= 15 is 0 Å². The van der Waals surface area contributed by atoms with Crippen LogP contribution in [0.2, 0.25) is 0 Å². The molecule has 0 saturated heterocycles. The summed E-state index contributed by atoms with van der Waals surface area (Å²) in [5.74, 6) is 1.28. The van der Waals surface area contributed by atoms with Gasteiger partial charge >= 0.3 is 0 Å². The van der Waals surface area contributed by atoms with Crippen molar-refractivity contribution in [2.24, 2.45) is 0 Å². The van der Waals surface area contributed by atoms with Gasteiger partial charge in [-0.3, -0.25) is 0 Å². The maximum Gasteiger partial charge on any atom is 0.226 e. The van der Waals surface area contributed by atoms with Gasteiger partial charge in [-0.05, 0) is 20.3 Å². The lowest BCUT2D eigenvalue weighted by Gasteiger charge is -2.14. The molecule has 0 spiro atoms. The normalized spacial score (nSPS) is 12.2. The summed E-state index contributed by atoms with van der Waals surface area (Å²) >= 11 is 0. The van der Waals surface area contributed by atoms with Crippen LogP contribution in [0.5, 0.6) is 5.88 Å². The Morgan fingerprint density at radius 1 is 1.28 bits per heavy atom. The first-order chi connectivity index (χ1) is 8.65. The van der Waals surface area contributed by atoms with E-state index in [0.717, 1.165) is 12.1 Å². The minimum Gasteiger partial charge on any atom is -0.481 e. The van der Waals surface area contributed by atoms with Crippen LogP contribution in [0, 0.1) is 6.92 Å². The molecule has 1 aromatic rings. The summed E-state index contributed by atoms with van der Waals surface area (Å²) in [4.78, 5) is 8.66. The fraction of sp³-hybridized carbons (Fsp3) is 0.714. The maximum atomic E-state index is 5.14. The number of ether oxygens (including phenoxy) is 1. The van der Waals surface area contributed by atoms with Crippen molar-refractivity contribution in [2.75, 3.05) is 12.4 Å². The van der Waals surface area contributed by atoms with Crippen LogP contribution < -0.4 is 10.1 Å². The summed E-state index contributed by atoms with van der Waals surface area (Å²) in [6.07, 6.45) is 6.31. The van der Waals surface area contributed by atoms with Crippen LogP contribution in [-0.4, -0.2) is 23.1 Å². The number of unbranched alkanes of at least 4 members (excludes halogenated alkanes) is 3. The average molecular weight is 251 g/mol. The molecule has 0 aliphatic carbocycles. The van der Waals surface area contributed by atoms with Crippen molar-refractivity contribution >= 4 is 5.95 Å². The molecule has 1 heterocycles. The molecule has 0 radical (unpaired) electrons. The van der Waals surface area contributed by atoms with E-state index in [4.69, 9.17) is 4.74 Å². The summed E-state index contributed by atoms with van der Waals surface area (Å²) in [6.45, 7) is 6.35. The van der Waals surface area contributed by atoms with E-state index in [1.807, 2.05) is 13.0 Å². The Kier molecular flexibility index (Phi) is 6.47. The van der Waals surface area contributed by atoms with Gasteiger partial charge in [-0.2, -0.15) is 4.98 Å². The van der Waals surface area contributed by atoms with E-state index in [-0.39, 0.29) is 0 Å². The predicted molar refractivity (Wildman–Crippen MR) is 75.2 cm³/mol.